The van der Waals surface area contributed by atoms with E-state index in [1.165, 1.54) is 26.4 Å². The van der Waals surface area contributed by atoms with E-state index in [0.29, 0.717) is 0 Å². The number of phenols is 2. The van der Waals surface area contributed by atoms with Gasteiger partial charge < -0.3 is 49.3 Å². The van der Waals surface area contributed by atoms with Crippen LogP contribution in [0.4, 0.5) is 0 Å². The minimum absolute atomic E-state index is 0.0127. The van der Waals surface area contributed by atoms with Crippen LogP contribution in [0.5, 0.6) is 28.7 Å². The maximum Gasteiger partial charge on any atom is 0.208 e. The Morgan fingerprint density at radius 2 is 1.64 bits per heavy atom. The maximum absolute atomic E-state index is 13.1. The molecule has 0 bridgehead atoms. The zero-order valence-corrected chi connectivity index (χ0v) is 17.8. The molecule has 5 atom stereocenters. The smallest absolute Gasteiger partial charge is 0.208 e. The van der Waals surface area contributed by atoms with Gasteiger partial charge in [-0.1, -0.05) is 0 Å². The van der Waals surface area contributed by atoms with Crippen LogP contribution < -0.4 is 19.6 Å². The van der Waals surface area contributed by atoms with Gasteiger partial charge >= 0.3 is 0 Å². The number of fused-ring (bicyclic) bond motifs is 2. The molecule has 1 heterocycles. The van der Waals surface area contributed by atoms with E-state index in [-0.39, 0.29) is 51.4 Å². The first kappa shape index (κ1) is 22.9. The average molecular weight is 464 g/mol. The van der Waals surface area contributed by atoms with E-state index in [0.717, 1.165) is 6.07 Å². The summed E-state index contributed by atoms with van der Waals surface area (Å²) in [6, 6.07) is 3.75. The molecule has 0 amide bonds. The Labute approximate surface area is 186 Å². The number of aliphatic hydroxyl groups excluding tert-OH is 4. The molecule has 1 aliphatic carbocycles. The molecule has 0 aliphatic heterocycles. The minimum Gasteiger partial charge on any atom is -0.507 e. The van der Waals surface area contributed by atoms with Crippen LogP contribution >= 0.6 is 0 Å². The van der Waals surface area contributed by atoms with Crippen LogP contribution in [0.15, 0.2) is 27.4 Å². The fourth-order valence-electron chi connectivity index (χ4n) is 4.20. The second-order valence-corrected chi connectivity index (χ2v) is 7.86. The van der Waals surface area contributed by atoms with Gasteiger partial charge in [0.25, 0.3) is 0 Å². The molecule has 0 radical (unpaired) electrons. The van der Waals surface area contributed by atoms with Crippen LogP contribution in [-0.2, 0) is 0 Å². The first-order chi connectivity index (χ1) is 15.7. The number of ether oxygens (including phenoxy) is 3. The third kappa shape index (κ3) is 3.59. The number of methoxy groups -OCH3 is 2. The van der Waals surface area contributed by atoms with E-state index in [1.807, 2.05) is 0 Å². The van der Waals surface area contributed by atoms with Crippen molar-refractivity contribution in [2.45, 2.75) is 30.8 Å². The van der Waals surface area contributed by atoms with E-state index in [9.17, 15) is 35.4 Å². The molecule has 33 heavy (non-hydrogen) atoms. The van der Waals surface area contributed by atoms with Crippen molar-refractivity contribution in [3.63, 3.8) is 0 Å². The molecule has 1 saturated carbocycles. The van der Waals surface area contributed by atoms with Gasteiger partial charge in [0.05, 0.1) is 20.3 Å². The Bertz CT molecular complexity index is 1250. The lowest BCUT2D eigenvalue weighted by Crippen LogP contribution is -2.56. The zero-order valence-electron chi connectivity index (χ0n) is 17.8. The monoisotopic (exact) mass is 464 g/mol. The van der Waals surface area contributed by atoms with Crippen LogP contribution in [0.2, 0.25) is 0 Å². The largest absolute Gasteiger partial charge is 0.507 e. The van der Waals surface area contributed by atoms with Gasteiger partial charge in [-0.15, -0.1) is 0 Å². The molecule has 4 rings (SSSR count). The third-order valence-corrected chi connectivity index (χ3v) is 5.97. The van der Waals surface area contributed by atoms with Gasteiger partial charge in [-0.25, -0.2) is 0 Å². The molecule has 1 aromatic heterocycles. The first-order valence-electron chi connectivity index (χ1n) is 10.1. The first-order valence-corrected chi connectivity index (χ1v) is 10.1. The minimum atomic E-state index is -1.57. The molecule has 178 valence electrons. The summed E-state index contributed by atoms with van der Waals surface area (Å²) in [5.74, 6) is -1.73. The Hall–Kier alpha value is -3.25. The lowest BCUT2D eigenvalue weighted by atomic mass is 9.81. The van der Waals surface area contributed by atoms with E-state index in [2.05, 4.69) is 0 Å². The molecule has 11 nitrogen and oxygen atoms in total. The van der Waals surface area contributed by atoms with Crippen molar-refractivity contribution in [2.75, 3.05) is 20.8 Å². The summed E-state index contributed by atoms with van der Waals surface area (Å²) in [5, 5.41) is 60.3. The summed E-state index contributed by atoms with van der Waals surface area (Å²) >= 11 is 0. The number of aromatic hydroxyl groups is 2. The molecule has 1 aliphatic rings. The summed E-state index contributed by atoms with van der Waals surface area (Å²) in [6.07, 6.45) is -5.53. The molecule has 3 aromatic rings. The SMILES string of the molecule is COc1ccc(O)c2c(=O)c3c(O)cc(O[C@@H]4C[C@H](CO)[C@@H](O)[C@H](O)[C@H]4O)c(OC)c3oc12. The summed E-state index contributed by atoms with van der Waals surface area (Å²) in [6.45, 7) is -0.449. The topological polar surface area (TPSA) is 179 Å². The van der Waals surface area contributed by atoms with Gasteiger partial charge in [-0.05, 0) is 18.6 Å². The molecule has 0 spiro atoms. The average Bonchev–Trinajstić information content (AvgIpc) is 2.79. The maximum atomic E-state index is 13.1. The summed E-state index contributed by atoms with van der Waals surface area (Å²) < 4.78 is 22.2. The number of rotatable bonds is 5. The molecular formula is C22H24O11. The van der Waals surface area contributed by atoms with Crippen molar-refractivity contribution in [1.29, 1.82) is 0 Å². The van der Waals surface area contributed by atoms with Crippen LogP contribution in [0, 0.1) is 5.92 Å². The van der Waals surface area contributed by atoms with E-state index < -0.39 is 48.1 Å². The summed E-state index contributed by atoms with van der Waals surface area (Å²) in [4.78, 5) is 13.1. The van der Waals surface area contributed by atoms with Crippen LogP contribution in [0.1, 0.15) is 6.42 Å². The van der Waals surface area contributed by atoms with Crippen LogP contribution in [0.3, 0.4) is 0 Å². The lowest BCUT2D eigenvalue weighted by molar-refractivity contribution is -0.157. The Kier molecular flexibility index (Phi) is 5.97. The highest BCUT2D eigenvalue weighted by molar-refractivity contribution is 6.00. The standard InChI is InChI=1S/C22H24O11/c1-30-11-4-3-9(24)14-18(28)15-10(25)6-13(21(31-2)22(15)33-20(11)14)32-12-5-8(7-23)16(26)19(29)17(12)27/h3-4,6,8,12,16-17,19,23-27,29H,5,7H2,1-2H3/t8-,12-,16-,17+,19+/m1/s1. The molecule has 0 saturated heterocycles. The number of aliphatic hydroxyl groups is 4. The van der Waals surface area contributed by atoms with Crippen LogP contribution in [0.25, 0.3) is 21.9 Å². The Morgan fingerprint density at radius 1 is 0.939 bits per heavy atom. The highest BCUT2D eigenvalue weighted by Gasteiger charge is 2.44. The van der Waals surface area contributed by atoms with E-state index in [4.69, 9.17) is 18.6 Å². The predicted molar refractivity (Wildman–Crippen MR) is 114 cm³/mol. The lowest BCUT2D eigenvalue weighted by Gasteiger charge is -2.39. The number of hydrogen-bond donors (Lipinski definition) is 6. The van der Waals surface area contributed by atoms with Crippen molar-refractivity contribution >= 4 is 21.9 Å². The summed E-state index contributed by atoms with van der Waals surface area (Å²) in [7, 11) is 2.63. The van der Waals surface area contributed by atoms with Gasteiger partial charge in [0.1, 0.15) is 40.6 Å². The van der Waals surface area contributed by atoms with Gasteiger partial charge in [0.2, 0.25) is 11.2 Å². The normalized spacial score (nSPS) is 25.3. The van der Waals surface area contributed by atoms with Crippen LogP contribution in [-0.4, -0.2) is 75.9 Å². The van der Waals surface area contributed by atoms with Crippen molar-refractivity contribution < 1.29 is 49.3 Å². The van der Waals surface area contributed by atoms with Crippen molar-refractivity contribution in [3.8, 4) is 28.7 Å². The molecular weight excluding hydrogens is 440 g/mol. The van der Waals surface area contributed by atoms with Gasteiger partial charge in [0, 0.05) is 18.6 Å². The van der Waals surface area contributed by atoms with Crippen molar-refractivity contribution in [3.05, 3.63) is 28.4 Å². The molecule has 0 unspecified atom stereocenters. The summed E-state index contributed by atoms with van der Waals surface area (Å²) in [5.41, 5.74) is -1.01. The Morgan fingerprint density at radius 3 is 2.27 bits per heavy atom. The Balaban J connectivity index is 1.90. The quantitative estimate of drug-likeness (QED) is 0.284. The second kappa shape index (κ2) is 8.60. The fourth-order valence-corrected chi connectivity index (χ4v) is 4.20. The van der Waals surface area contributed by atoms with Crippen molar-refractivity contribution in [2.24, 2.45) is 5.92 Å². The zero-order chi connectivity index (χ0) is 24.0. The highest BCUT2D eigenvalue weighted by Crippen LogP contribution is 2.44. The fraction of sp³-hybridized carbons (Fsp3) is 0.409. The number of phenolic OH excluding ortho intramolecular Hbond substituents is 2. The van der Waals surface area contributed by atoms with E-state index in [1.54, 1.807) is 0 Å². The third-order valence-electron chi connectivity index (χ3n) is 5.97. The predicted octanol–water partition coefficient (Wildman–Crippen LogP) is 0.217. The second-order valence-electron chi connectivity index (χ2n) is 7.86. The molecule has 2 aromatic carbocycles. The van der Waals surface area contributed by atoms with E-state index >= 15 is 0 Å². The molecule has 11 heteroatoms. The molecule has 1 fully saturated rings. The van der Waals surface area contributed by atoms with Gasteiger partial charge in [-0.2, -0.15) is 0 Å². The number of benzene rings is 2. The van der Waals surface area contributed by atoms with Gasteiger partial charge in [-0.3, -0.25) is 4.79 Å². The van der Waals surface area contributed by atoms with Gasteiger partial charge in [0.15, 0.2) is 22.7 Å². The molecule has 6 N–H and O–H groups in total. The highest BCUT2D eigenvalue weighted by atomic mass is 16.5. The van der Waals surface area contributed by atoms with Crippen molar-refractivity contribution in [1.82, 2.24) is 0 Å². The number of hydrogen-bond acceptors (Lipinski definition) is 11.